The number of aliphatic hydroxyl groups excluding tert-OH is 1. The van der Waals surface area contributed by atoms with Gasteiger partial charge in [-0.2, -0.15) is 0 Å². The van der Waals surface area contributed by atoms with Gasteiger partial charge in [0.25, 0.3) is 0 Å². The summed E-state index contributed by atoms with van der Waals surface area (Å²) in [7, 11) is -9.90. The molecule has 0 aromatic heterocycles. The summed E-state index contributed by atoms with van der Waals surface area (Å²) in [4.78, 5) is 72.5. The van der Waals surface area contributed by atoms with Crippen molar-refractivity contribution >= 4 is 39.5 Å². The van der Waals surface area contributed by atoms with Crippen molar-refractivity contribution in [3.05, 3.63) is 0 Å². The van der Waals surface area contributed by atoms with E-state index < -0.39 is 97.5 Å². The zero-order chi connectivity index (χ0) is 67.9. The van der Waals surface area contributed by atoms with E-state index in [4.69, 9.17) is 37.0 Å². The van der Waals surface area contributed by atoms with E-state index in [0.29, 0.717) is 25.7 Å². The number of carbonyl (C=O) groups is 4. The van der Waals surface area contributed by atoms with Crippen LogP contribution in [0.25, 0.3) is 0 Å². The summed E-state index contributed by atoms with van der Waals surface area (Å²) >= 11 is 0. The van der Waals surface area contributed by atoms with Crippen LogP contribution >= 0.6 is 15.6 Å². The number of phosphoric ester groups is 2. The van der Waals surface area contributed by atoms with Crippen molar-refractivity contribution in [1.82, 2.24) is 0 Å². The van der Waals surface area contributed by atoms with Crippen molar-refractivity contribution in [3.8, 4) is 0 Å². The summed E-state index contributed by atoms with van der Waals surface area (Å²) in [6.45, 7) is 9.53. The maximum Gasteiger partial charge on any atom is 0.472 e. The Morgan fingerprint density at radius 1 is 0.315 bits per heavy atom. The summed E-state index contributed by atoms with van der Waals surface area (Å²) in [6.07, 6.45) is 51.5. The van der Waals surface area contributed by atoms with Crippen molar-refractivity contribution in [2.75, 3.05) is 39.6 Å². The highest BCUT2D eigenvalue weighted by atomic mass is 31.2. The van der Waals surface area contributed by atoms with Gasteiger partial charge in [-0.25, -0.2) is 9.13 Å². The van der Waals surface area contributed by atoms with E-state index in [1.165, 1.54) is 180 Å². The lowest BCUT2D eigenvalue weighted by molar-refractivity contribution is -0.161. The van der Waals surface area contributed by atoms with Gasteiger partial charge in [-0.15, -0.1) is 0 Å². The molecule has 17 nitrogen and oxygen atoms in total. The number of rotatable bonds is 72. The van der Waals surface area contributed by atoms with Crippen LogP contribution < -0.4 is 0 Å². The highest BCUT2D eigenvalue weighted by Crippen LogP contribution is 2.45. The molecule has 92 heavy (non-hydrogen) atoms. The maximum absolute atomic E-state index is 13.1. The summed E-state index contributed by atoms with van der Waals surface area (Å²) in [5.41, 5.74) is 0. The van der Waals surface area contributed by atoms with Crippen molar-refractivity contribution in [2.24, 2.45) is 11.8 Å². The molecule has 0 aliphatic heterocycles. The minimum Gasteiger partial charge on any atom is -0.462 e. The predicted octanol–water partition coefficient (Wildman–Crippen LogP) is 21.2. The summed E-state index contributed by atoms with van der Waals surface area (Å²) in [5, 5.41) is 10.6. The third-order valence-corrected chi connectivity index (χ3v) is 19.2. The van der Waals surface area contributed by atoms with Gasteiger partial charge in [0.15, 0.2) is 12.2 Å². The Morgan fingerprint density at radius 3 is 0.826 bits per heavy atom. The van der Waals surface area contributed by atoms with Crippen molar-refractivity contribution in [3.63, 3.8) is 0 Å². The zero-order valence-corrected chi connectivity index (χ0v) is 61.6. The standard InChI is InChI=1S/C73H142O17P2/c1-7-10-12-14-16-17-18-19-20-21-22-23-24-25-28-32-39-45-51-57-72(77)89-69(62-84-71(76)56-50-44-38-31-29-26-27-30-36-41-47-53-65(4)5)64-88-92(81,82)86-60-67(74)59-85-91(79,80)87-63-68(61-83-70(75)55-49-43-35-15-13-11-8-2)90-73(78)58-52-46-40-34-33-37-42-48-54-66(6)9-3/h65-69,74H,7-64H2,1-6H3,(H,79,80)(H,81,82)/t66?,67-,68+,69+/m0/s1. The first-order chi connectivity index (χ1) is 44.4. The number of esters is 4. The minimum atomic E-state index is -4.95. The fraction of sp³-hybridized carbons (Fsp3) is 0.945. The Bertz CT molecular complexity index is 1790. The molecule has 0 aliphatic rings. The van der Waals surface area contributed by atoms with Gasteiger partial charge in [0.2, 0.25) is 0 Å². The van der Waals surface area contributed by atoms with Gasteiger partial charge in [0, 0.05) is 25.7 Å². The van der Waals surface area contributed by atoms with Crippen LogP contribution in [-0.2, 0) is 65.4 Å². The van der Waals surface area contributed by atoms with E-state index in [0.717, 1.165) is 115 Å². The van der Waals surface area contributed by atoms with Gasteiger partial charge < -0.3 is 33.8 Å². The van der Waals surface area contributed by atoms with Crippen LogP contribution in [0.3, 0.4) is 0 Å². The Labute approximate surface area is 562 Å². The third-order valence-electron chi connectivity index (χ3n) is 17.3. The molecule has 546 valence electrons. The molecule has 0 aliphatic carbocycles. The fourth-order valence-corrected chi connectivity index (χ4v) is 12.7. The summed E-state index contributed by atoms with van der Waals surface area (Å²) < 4.78 is 68.3. The first kappa shape index (κ1) is 90.1. The van der Waals surface area contributed by atoms with Crippen LogP contribution in [0.5, 0.6) is 0 Å². The molecule has 19 heteroatoms. The van der Waals surface area contributed by atoms with Crippen LogP contribution in [0.4, 0.5) is 0 Å². The lowest BCUT2D eigenvalue weighted by Gasteiger charge is -2.21. The first-order valence-corrected chi connectivity index (χ1v) is 41.0. The normalized spacial score (nSPS) is 14.4. The third kappa shape index (κ3) is 65.4. The summed E-state index contributed by atoms with van der Waals surface area (Å²) in [5.74, 6) is -0.585. The second kappa shape index (κ2) is 65.0. The highest BCUT2D eigenvalue weighted by molar-refractivity contribution is 7.47. The van der Waals surface area contributed by atoms with Crippen molar-refractivity contribution in [2.45, 2.75) is 394 Å². The Morgan fingerprint density at radius 2 is 0.554 bits per heavy atom. The molecule has 6 atom stereocenters. The van der Waals surface area contributed by atoms with E-state index >= 15 is 0 Å². The highest BCUT2D eigenvalue weighted by Gasteiger charge is 2.30. The Hall–Kier alpha value is -1.94. The van der Waals surface area contributed by atoms with Crippen LogP contribution in [0.2, 0.25) is 0 Å². The molecule has 0 radical (unpaired) electrons. The van der Waals surface area contributed by atoms with E-state index in [9.17, 15) is 43.2 Å². The molecule has 0 bridgehead atoms. The van der Waals surface area contributed by atoms with Crippen LogP contribution in [0, 0.1) is 11.8 Å². The van der Waals surface area contributed by atoms with Crippen molar-refractivity contribution in [1.29, 1.82) is 0 Å². The van der Waals surface area contributed by atoms with E-state index in [1.807, 2.05) is 0 Å². The summed E-state index contributed by atoms with van der Waals surface area (Å²) in [6, 6.07) is 0. The largest absolute Gasteiger partial charge is 0.472 e. The number of aliphatic hydroxyl groups is 1. The Kier molecular flexibility index (Phi) is 63.7. The topological polar surface area (TPSA) is 237 Å². The average molecular weight is 1350 g/mol. The Balaban J connectivity index is 5.19. The van der Waals surface area contributed by atoms with Gasteiger partial charge in [-0.05, 0) is 37.5 Å². The van der Waals surface area contributed by atoms with Crippen LogP contribution in [0.1, 0.15) is 375 Å². The van der Waals surface area contributed by atoms with Crippen molar-refractivity contribution < 1.29 is 80.2 Å². The average Bonchev–Trinajstić information content (AvgIpc) is 2.56. The number of hydrogen-bond donors (Lipinski definition) is 3. The number of unbranched alkanes of at least 4 members (excludes halogenated alkanes) is 41. The van der Waals surface area contributed by atoms with Gasteiger partial charge >= 0.3 is 39.5 Å². The fourth-order valence-electron chi connectivity index (χ4n) is 11.1. The molecule has 0 fully saturated rings. The smallest absolute Gasteiger partial charge is 0.462 e. The molecule has 3 N–H and O–H groups in total. The molecular weight excluding hydrogens is 1210 g/mol. The molecule has 0 heterocycles. The van der Waals surface area contributed by atoms with Gasteiger partial charge in [-0.1, -0.05) is 324 Å². The molecule has 0 amide bonds. The minimum absolute atomic E-state index is 0.105. The monoisotopic (exact) mass is 1350 g/mol. The number of phosphoric acid groups is 2. The first-order valence-electron chi connectivity index (χ1n) is 38.0. The molecule has 0 rings (SSSR count). The molecule has 0 saturated heterocycles. The second-order valence-electron chi connectivity index (χ2n) is 27.1. The lowest BCUT2D eigenvalue weighted by atomic mass is 9.99. The molecule has 0 aromatic rings. The molecule has 0 saturated carbocycles. The second-order valence-corrected chi connectivity index (χ2v) is 30.0. The number of hydrogen-bond acceptors (Lipinski definition) is 15. The van der Waals surface area contributed by atoms with Gasteiger partial charge in [-0.3, -0.25) is 37.3 Å². The zero-order valence-electron chi connectivity index (χ0n) is 59.9. The molecule has 0 spiro atoms. The predicted molar refractivity (Wildman–Crippen MR) is 372 cm³/mol. The van der Waals surface area contributed by atoms with E-state index in [2.05, 4.69) is 41.5 Å². The van der Waals surface area contributed by atoms with Gasteiger partial charge in [0.1, 0.15) is 19.3 Å². The number of carbonyl (C=O) groups excluding carboxylic acids is 4. The van der Waals surface area contributed by atoms with E-state index in [-0.39, 0.29) is 25.7 Å². The number of ether oxygens (including phenoxy) is 4. The molecule has 0 aromatic carbocycles. The SMILES string of the molecule is CCCCCCCCCCCCCCCCCCCCCC(=O)O[C@H](COC(=O)CCCCCCCCCCCCCC(C)C)COP(=O)(O)OC[C@@H](O)COP(=O)(O)OC[C@@H](COC(=O)CCCCCCCCC)OC(=O)CCCCCCCCCCC(C)CC. The molecular formula is C73H142O17P2. The van der Waals surface area contributed by atoms with Crippen LogP contribution in [0.15, 0.2) is 0 Å². The van der Waals surface area contributed by atoms with Gasteiger partial charge in [0.05, 0.1) is 26.4 Å². The quantitative estimate of drug-likeness (QED) is 0.0222. The molecule has 3 unspecified atom stereocenters. The maximum atomic E-state index is 13.1. The van der Waals surface area contributed by atoms with Crippen LogP contribution in [-0.4, -0.2) is 96.7 Å². The lowest BCUT2D eigenvalue weighted by Crippen LogP contribution is -2.30. The van der Waals surface area contributed by atoms with E-state index in [1.54, 1.807) is 0 Å².